The van der Waals surface area contributed by atoms with Crippen molar-refractivity contribution in [3.8, 4) is 0 Å². The van der Waals surface area contributed by atoms with E-state index in [0.29, 0.717) is 0 Å². The summed E-state index contributed by atoms with van der Waals surface area (Å²) in [5.41, 5.74) is 4.45. The fraction of sp³-hybridized carbons (Fsp3) is 0.111. The van der Waals surface area contributed by atoms with Gasteiger partial charge in [-0.1, -0.05) is 11.6 Å². The van der Waals surface area contributed by atoms with Crippen LogP contribution in [0.5, 0.6) is 0 Å². The molecule has 7 nitrogen and oxygen atoms in total. The van der Waals surface area contributed by atoms with E-state index in [-0.39, 0.29) is 15.5 Å². The van der Waals surface area contributed by atoms with Crippen LogP contribution in [0, 0.1) is 0 Å². The van der Waals surface area contributed by atoms with Crippen molar-refractivity contribution < 1.29 is 23.1 Å². The number of primary amides is 1. The SMILES string of the molecule is NC(=O)CNS(=O)(=O)c1ccc(Cl)c(C(=O)O)c1. The lowest BCUT2D eigenvalue weighted by molar-refractivity contribution is -0.116. The highest BCUT2D eigenvalue weighted by Gasteiger charge is 2.18. The van der Waals surface area contributed by atoms with Crippen LogP contribution in [0.25, 0.3) is 0 Å². The molecule has 0 unspecified atom stereocenters. The van der Waals surface area contributed by atoms with E-state index < -0.39 is 28.4 Å². The number of rotatable bonds is 5. The third kappa shape index (κ3) is 3.42. The van der Waals surface area contributed by atoms with Crippen molar-refractivity contribution in [1.29, 1.82) is 0 Å². The van der Waals surface area contributed by atoms with Crippen LogP contribution in [0.2, 0.25) is 5.02 Å². The number of halogens is 1. The molecule has 0 atom stereocenters. The Hall–Kier alpha value is -1.64. The Bertz CT molecular complexity index is 599. The van der Waals surface area contributed by atoms with Gasteiger partial charge in [0.05, 0.1) is 22.0 Å². The molecule has 0 bridgehead atoms. The lowest BCUT2D eigenvalue weighted by Crippen LogP contribution is -2.33. The van der Waals surface area contributed by atoms with Gasteiger partial charge in [-0.3, -0.25) is 4.79 Å². The zero-order chi connectivity index (χ0) is 13.9. The topological polar surface area (TPSA) is 127 Å². The molecule has 0 saturated heterocycles. The third-order valence-electron chi connectivity index (χ3n) is 1.91. The van der Waals surface area contributed by atoms with E-state index in [9.17, 15) is 18.0 Å². The second-order valence-electron chi connectivity index (χ2n) is 3.24. The Morgan fingerprint density at radius 3 is 2.50 bits per heavy atom. The molecule has 0 spiro atoms. The van der Waals surface area contributed by atoms with Crippen LogP contribution in [0.15, 0.2) is 23.1 Å². The molecular weight excluding hydrogens is 284 g/mol. The zero-order valence-corrected chi connectivity index (χ0v) is 10.5. The minimum Gasteiger partial charge on any atom is -0.478 e. The fourth-order valence-corrected chi connectivity index (χ4v) is 2.30. The first kappa shape index (κ1) is 14.4. The highest BCUT2D eigenvalue weighted by Crippen LogP contribution is 2.20. The van der Waals surface area contributed by atoms with E-state index in [1.165, 1.54) is 0 Å². The summed E-state index contributed by atoms with van der Waals surface area (Å²) in [5.74, 6) is -2.21. The molecule has 1 rings (SSSR count). The van der Waals surface area contributed by atoms with Gasteiger partial charge in [0.25, 0.3) is 0 Å². The monoisotopic (exact) mass is 292 g/mol. The molecule has 0 fully saturated rings. The Balaban J connectivity index is 3.14. The van der Waals surface area contributed by atoms with Gasteiger partial charge in [-0.2, -0.15) is 0 Å². The first-order valence-electron chi connectivity index (χ1n) is 4.55. The summed E-state index contributed by atoms with van der Waals surface area (Å²) in [4.78, 5) is 21.0. The summed E-state index contributed by atoms with van der Waals surface area (Å²) in [7, 11) is -4.00. The number of carbonyl (C=O) groups excluding carboxylic acids is 1. The van der Waals surface area contributed by atoms with Crippen LogP contribution in [0.3, 0.4) is 0 Å². The van der Waals surface area contributed by atoms with E-state index in [2.05, 4.69) is 0 Å². The highest BCUT2D eigenvalue weighted by atomic mass is 35.5. The average Bonchev–Trinajstić information content (AvgIpc) is 2.26. The summed E-state index contributed by atoms with van der Waals surface area (Å²) in [6.45, 7) is -0.576. The number of nitrogens with two attached hydrogens (primary N) is 1. The fourth-order valence-electron chi connectivity index (χ4n) is 1.08. The zero-order valence-electron chi connectivity index (χ0n) is 8.88. The van der Waals surface area contributed by atoms with Crippen molar-refractivity contribution in [1.82, 2.24) is 4.72 Å². The van der Waals surface area contributed by atoms with E-state index in [0.717, 1.165) is 18.2 Å². The summed E-state index contributed by atoms with van der Waals surface area (Å²) < 4.78 is 25.3. The molecule has 1 aromatic rings. The van der Waals surface area contributed by atoms with Crippen LogP contribution < -0.4 is 10.5 Å². The Kier molecular flexibility index (Phi) is 4.28. The number of amides is 1. The van der Waals surface area contributed by atoms with Gasteiger partial charge in [0.15, 0.2) is 0 Å². The molecule has 98 valence electrons. The normalized spacial score (nSPS) is 11.2. The molecule has 0 aromatic heterocycles. The average molecular weight is 293 g/mol. The first-order valence-corrected chi connectivity index (χ1v) is 6.41. The maximum absolute atomic E-state index is 11.7. The van der Waals surface area contributed by atoms with Crippen molar-refractivity contribution in [3.05, 3.63) is 28.8 Å². The maximum Gasteiger partial charge on any atom is 0.337 e. The van der Waals surface area contributed by atoms with Gasteiger partial charge < -0.3 is 10.8 Å². The van der Waals surface area contributed by atoms with Crippen molar-refractivity contribution in [2.45, 2.75) is 4.90 Å². The molecule has 0 heterocycles. The number of hydrogen-bond acceptors (Lipinski definition) is 4. The number of carboxylic acids is 1. The Morgan fingerprint density at radius 1 is 1.39 bits per heavy atom. The maximum atomic E-state index is 11.7. The summed E-state index contributed by atoms with van der Waals surface area (Å²) >= 11 is 5.60. The lowest BCUT2D eigenvalue weighted by Gasteiger charge is -2.06. The largest absolute Gasteiger partial charge is 0.478 e. The number of carboxylic acid groups (broad SMARTS) is 1. The van der Waals surface area contributed by atoms with Gasteiger partial charge in [0.2, 0.25) is 15.9 Å². The standard InChI is InChI=1S/C9H9ClN2O5S/c10-7-2-1-5(3-6(7)9(14)15)18(16,17)12-4-8(11)13/h1-3,12H,4H2,(H2,11,13)(H,14,15). The predicted molar refractivity (Wildman–Crippen MR) is 62.8 cm³/mol. The second kappa shape index (κ2) is 5.34. The van der Waals surface area contributed by atoms with Crippen LogP contribution in [-0.4, -0.2) is 31.9 Å². The summed E-state index contributed by atoms with van der Waals surface area (Å²) in [5, 5.41) is 8.71. The van der Waals surface area contributed by atoms with E-state index >= 15 is 0 Å². The summed E-state index contributed by atoms with van der Waals surface area (Å²) in [6.07, 6.45) is 0. The number of nitrogens with one attached hydrogen (secondary N) is 1. The van der Waals surface area contributed by atoms with Gasteiger partial charge in [-0.25, -0.2) is 17.9 Å². The third-order valence-corrected chi connectivity index (χ3v) is 3.64. The molecule has 0 saturated carbocycles. The van der Waals surface area contributed by atoms with Crippen molar-refractivity contribution in [3.63, 3.8) is 0 Å². The first-order chi connectivity index (χ1) is 8.24. The van der Waals surface area contributed by atoms with E-state index in [4.69, 9.17) is 22.4 Å². The van der Waals surface area contributed by atoms with E-state index in [1.54, 1.807) is 0 Å². The molecule has 1 amide bonds. The minimum atomic E-state index is -4.00. The molecule has 0 aliphatic carbocycles. The van der Waals surface area contributed by atoms with Crippen molar-refractivity contribution >= 4 is 33.5 Å². The molecule has 0 aliphatic rings. The van der Waals surface area contributed by atoms with Crippen LogP contribution in [-0.2, 0) is 14.8 Å². The molecule has 4 N–H and O–H groups in total. The number of benzene rings is 1. The molecule has 1 aromatic carbocycles. The Labute approximate surface area is 108 Å². The Morgan fingerprint density at radius 2 is 2.00 bits per heavy atom. The van der Waals surface area contributed by atoms with Gasteiger partial charge in [0.1, 0.15) is 0 Å². The van der Waals surface area contributed by atoms with Gasteiger partial charge >= 0.3 is 5.97 Å². The molecular formula is C9H9ClN2O5S. The lowest BCUT2D eigenvalue weighted by atomic mass is 10.2. The summed E-state index contributed by atoms with van der Waals surface area (Å²) in [6, 6.07) is 3.16. The number of sulfonamides is 1. The van der Waals surface area contributed by atoms with Gasteiger partial charge in [-0.15, -0.1) is 0 Å². The van der Waals surface area contributed by atoms with Crippen LogP contribution in [0.4, 0.5) is 0 Å². The van der Waals surface area contributed by atoms with Crippen molar-refractivity contribution in [2.75, 3.05) is 6.54 Å². The smallest absolute Gasteiger partial charge is 0.337 e. The number of hydrogen-bond donors (Lipinski definition) is 3. The predicted octanol–water partition coefficient (Wildman–Crippen LogP) is -0.198. The highest BCUT2D eigenvalue weighted by molar-refractivity contribution is 7.89. The number of carbonyl (C=O) groups is 2. The van der Waals surface area contributed by atoms with Gasteiger partial charge in [-0.05, 0) is 18.2 Å². The molecule has 0 aliphatic heterocycles. The van der Waals surface area contributed by atoms with E-state index in [1.807, 2.05) is 4.72 Å². The number of aromatic carboxylic acids is 1. The van der Waals surface area contributed by atoms with Gasteiger partial charge in [0, 0.05) is 0 Å². The second-order valence-corrected chi connectivity index (χ2v) is 5.41. The quantitative estimate of drug-likeness (QED) is 0.693. The minimum absolute atomic E-state index is 0.0867. The van der Waals surface area contributed by atoms with Crippen molar-refractivity contribution in [2.24, 2.45) is 5.73 Å². The molecule has 9 heteroatoms. The molecule has 18 heavy (non-hydrogen) atoms. The van der Waals surface area contributed by atoms with Crippen LogP contribution >= 0.6 is 11.6 Å². The molecule has 0 radical (unpaired) electrons. The van der Waals surface area contributed by atoms with Crippen LogP contribution in [0.1, 0.15) is 10.4 Å².